The molecule has 27 heavy (non-hydrogen) atoms. The normalized spacial score (nSPS) is 14.7. The van der Waals surface area contributed by atoms with Crippen LogP contribution in [0.4, 0.5) is 11.6 Å². The Hall–Kier alpha value is -2.47. The summed E-state index contributed by atoms with van der Waals surface area (Å²) < 4.78 is 5.35. The number of benzene rings is 1. The highest BCUT2D eigenvalue weighted by Crippen LogP contribution is 2.32. The summed E-state index contributed by atoms with van der Waals surface area (Å²) in [6.45, 7) is 11.4. The number of hydrogen-bond acceptors (Lipinski definition) is 5. The molecule has 1 aromatic carbocycles. The van der Waals surface area contributed by atoms with Crippen molar-refractivity contribution >= 4 is 17.5 Å². The summed E-state index contributed by atoms with van der Waals surface area (Å²) in [7, 11) is 0. The number of carbonyl (C=O) groups excluding carboxylic acids is 1. The SMILES string of the molecule is CC(C)c1cccc(C(C)C)c1NC(=O)c1cnc(N2CCOCC2)nc1. The molecule has 6 heteroatoms. The summed E-state index contributed by atoms with van der Waals surface area (Å²) in [6, 6.07) is 6.20. The molecule has 1 amide bonds. The minimum atomic E-state index is -0.182. The molecule has 0 radical (unpaired) electrons. The predicted octanol–water partition coefficient (Wildman–Crippen LogP) is 3.81. The Labute approximate surface area is 161 Å². The smallest absolute Gasteiger partial charge is 0.258 e. The topological polar surface area (TPSA) is 67.4 Å². The minimum Gasteiger partial charge on any atom is -0.378 e. The van der Waals surface area contributed by atoms with E-state index in [0.717, 1.165) is 29.9 Å². The largest absolute Gasteiger partial charge is 0.378 e. The van der Waals surface area contributed by atoms with Crippen molar-refractivity contribution in [3.05, 3.63) is 47.3 Å². The Morgan fingerprint density at radius 2 is 1.59 bits per heavy atom. The Kier molecular flexibility index (Phi) is 6.06. The van der Waals surface area contributed by atoms with Crippen LogP contribution in [0.3, 0.4) is 0 Å². The lowest BCUT2D eigenvalue weighted by Gasteiger charge is -2.26. The molecule has 1 aromatic heterocycles. The first kappa shape index (κ1) is 19.3. The third-order valence-electron chi connectivity index (χ3n) is 4.81. The Bertz CT molecular complexity index is 755. The summed E-state index contributed by atoms with van der Waals surface area (Å²) in [4.78, 5) is 23.6. The van der Waals surface area contributed by atoms with Crippen LogP contribution in [-0.4, -0.2) is 42.2 Å². The van der Waals surface area contributed by atoms with E-state index >= 15 is 0 Å². The predicted molar refractivity (Wildman–Crippen MR) is 108 cm³/mol. The molecule has 0 aliphatic carbocycles. The van der Waals surface area contributed by atoms with Crippen molar-refractivity contribution in [3.63, 3.8) is 0 Å². The van der Waals surface area contributed by atoms with Gasteiger partial charge >= 0.3 is 0 Å². The Balaban J connectivity index is 1.81. The highest BCUT2D eigenvalue weighted by molar-refractivity contribution is 6.04. The van der Waals surface area contributed by atoms with Gasteiger partial charge in [-0.25, -0.2) is 9.97 Å². The van der Waals surface area contributed by atoms with Crippen LogP contribution in [0.15, 0.2) is 30.6 Å². The molecule has 3 rings (SSSR count). The second-order valence-corrected chi connectivity index (χ2v) is 7.45. The third kappa shape index (κ3) is 4.45. The van der Waals surface area contributed by atoms with Gasteiger partial charge in [-0.1, -0.05) is 45.9 Å². The molecule has 0 bridgehead atoms. The van der Waals surface area contributed by atoms with Crippen LogP contribution in [0.25, 0.3) is 0 Å². The molecule has 0 unspecified atom stereocenters. The maximum atomic E-state index is 12.8. The second kappa shape index (κ2) is 8.48. The van der Waals surface area contributed by atoms with Gasteiger partial charge in [0.25, 0.3) is 5.91 Å². The zero-order valence-electron chi connectivity index (χ0n) is 16.5. The molecule has 6 nitrogen and oxygen atoms in total. The lowest BCUT2D eigenvalue weighted by atomic mass is 9.92. The number of nitrogens with zero attached hydrogens (tertiary/aromatic N) is 3. The highest BCUT2D eigenvalue weighted by Gasteiger charge is 2.18. The van der Waals surface area contributed by atoms with Gasteiger partial charge < -0.3 is 15.0 Å². The molecule has 144 valence electrons. The molecule has 1 saturated heterocycles. The molecule has 0 saturated carbocycles. The molecule has 1 fully saturated rings. The summed E-state index contributed by atoms with van der Waals surface area (Å²) >= 11 is 0. The zero-order valence-corrected chi connectivity index (χ0v) is 16.5. The number of rotatable bonds is 5. The van der Waals surface area contributed by atoms with Gasteiger partial charge in [0.05, 0.1) is 18.8 Å². The van der Waals surface area contributed by atoms with E-state index in [-0.39, 0.29) is 5.91 Å². The van der Waals surface area contributed by atoms with Gasteiger partial charge in [-0.15, -0.1) is 0 Å². The van der Waals surface area contributed by atoms with Gasteiger partial charge in [-0.2, -0.15) is 0 Å². The first-order valence-electron chi connectivity index (χ1n) is 9.56. The van der Waals surface area contributed by atoms with Gasteiger partial charge in [0, 0.05) is 31.2 Å². The molecule has 2 heterocycles. The second-order valence-electron chi connectivity index (χ2n) is 7.45. The van der Waals surface area contributed by atoms with E-state index in [1.165, 1.54) is 0 Å². The number of hydrogen-bond donors (Lipinski definition) is 1. The standard InChI is InChI=1S/C21H28N4O2/c1-14(2)17-6-5-7-18(15(3)4)19(17)24-20(26)16-12-22-21(23-13-16)25-8-10-27-11-9-25/h5-7,12-15H,8-11H2,1-4H3,(H,24,26). The minimum absolute atomic E-state index is 0.182. The fraction of sp³-hybridized carbons (Fsp3) is 0.476. The number of aromatic nitrogens is 2. The van der Waals surface area contributed by atoms with E-state index in [2.05, 4.69) is 66.1 Å². The Morgan fingerprint density at radius 1 is 1.04 bits per heavy atom. The number of amides is 1. The lowest BCUT2D eigenvalue weighted by Crippen LogP contribution is -2.37. The van der Waals surface area contributed by atoms with Crippen molar-refractivity contribution in [3.8, 4) is 0 Å². The van der Waals surface area contributed by atoms with E-state index in [9.17, 15) is 4.79 Å². The molecular formula is C21H28N4O2. The van der Waals surface area contributed by atoms with E-state index in [0.29, 0.717) is 36.6 Å². The van der Waals surface area contributed by atoms with E-state index in [4.69, 9.17) is 4.74 Å². The van der Waals surface area contributed by atoms with Crippen LogP contribution < -0.4 is 10.2 Å². The van der Waals surface area contributed by atoms with Gasteiger partial charge in [0.1, 0.15) is 0 Å². The van der Waals surface area contributed by atoms with Crippen molar-refractivity contribution in [1.29, 1.82) is 0 Å². The average molecular weight is 368 g/mol. The van der Waals surface area contributed by atoms with Crippen LogP contribution in [0, 0.1) is 0 Å². The number of morpholine rings is 1. The molecule has 0 atom stereocenters. The van der Waals surface area contributed by atoms with Crippen LogP contribution in [-0.2, 0) is 4.74 Å². The lowest BCUT2D eigenvalue weighted by molar-refractivity contribution is 0.102. The fourth-order valence-electron chi connectivity index (χ4n) is 3.25. The zero-order chi connectivity index (χ0) is 19.4. The summed E-state index contributed by atoms with van der Waals surface area (Å²) in [5.41, 5.74) is 3.64. The van der Waals surface area contributed by atoms with Crippen molar-refractivity contribution in [2.24, 2.45) is 0 Å². The monoisotopic (exact) mass is 368 g/mol. The van der Waals surface area contributed by atoms with Crippen LogP contribution in [0.1, 0.15) is 61.0 Å². The quantitative estimate of drug-likeness (QED) is 0.869. The number of anilines is 2. The Morgan fingerprint density at radius 3 is 2.11 bits per heavy atom. The summed E-state index contributed by atoms with van der Waals surface area (Å²) in [5.74, 6) is 1.09. The maximum absolute atomic E-state index is 12.8. The molecule has 1 N–H and O–H groups in total. The third-order valence-corrected chi connectivity index (χ3v) is 4.81. The van der Waals surface area contributed by atoms with Crippen molar-refractivity contribution < 1.29 is 9.53 Å². The van der Waals surface area contributed by atoms with Crippen molar-refractivity contribution in [1.82, 2.24) is 9.97 Å². The van der Waals surface area contributed by atoms with Crippen molar-refractivity contribution in [2.45, 2.75) is 39.5 Å². The molecule has 2 aromatic rings. The first-order valence-corrected chi connectivity index (χ1v) is 9.56. The van der Waals surface area contributed by atoms with Gasteiger partial charge in [0.2, 0.25) is 5.95 Å². The fourth-order valence-corrected chi connectivity index (χ4v) is 3.25. The number of carbonyl (C=O) groups is 1. The van der Waals surface area contributed by atoms with Gasteiger partial charge in [-0.3, -0.25) is 4.79 Å². The molecule has 1 aliphatic heterocycles. The van der Waals surface area contributed by atoms with Crippen LogP contribution >= 0.6 is 0 Å². The molecular weight excluding hydrogens is 340 g/mol. The van der Waals surface area contributed by atoms with E-state index in [1.807, 2.05) is 0 Å². The van der Waals surface area contributed by atoms with Gasteiger partial charge in [0.15, 0.2) is 0 Å². The van der Waals surface area contributed by atoms with Crippen LogP contribution in [0.2, 0.25) is 0 Å². The van der Waals surface area contributed by atoms with E-state index < -0.39 is 0 Å². The summed E-state index contributed by atoms with van der Waals surface area (Å²) in [6.07, 6.45) is 3.19. The maximum Gasteiger partial charge on any atom is 0.258 e. The average Bonchev–Trinajstić information content (AvgIpc) is 2.68. The number of ether oxygens (including phenoxy) is 1. The first-order chi connectivity index (χ1) is 13.0. The van der Waals surface area contributed by atoms with Crippen LogP contribution in [0.5, 0.6) is 0 Å². The van der Waals surface area contributed by atoms with Crippen molar-refractivity contribution in [2.75, 3.05) is 36.5 Å². The molecule has 1 aliphatic rings. The summed E-state index contributed by atoms with van der Waals surface area (Å²) in [5, 5.41) is 3.10. The molecule has 0 spiro atoms. The number of para-hydroxylation sites is 1. The number of nitrogens with one attached hydrogen (secondary N) is 1. The van der Waals surface area contributed by atoms with E-state index in [1.54, 1.807) is 12.4 Å². The highest BCUT2D eigenvalue weighted by atomic mass is 16.5. The van der Waals surface area contributed by atoms with Gasteiger partial charge in [-0.05, 0) is 23.0 Å².